The highest BCUT2D eigenvalue weighted by Crippen LogP contribution is 2.46. The molecule has 3 aliphatic rings. The number of hydrogen-bond acceptors (Lipinski definition) is 3. The number of benzene rings is 8. The van der Waals surface area contributed by atoms with Gasteiger partial charge in [-0.05, 0) is 112 Å². The first-order valence-corrected chi connectivity index (χ1v) is 20.2. The molecular weight excluding hydrogens is 701 g/mol. The van der Waals surface area contributed by atoms with E-state index in [-0.39, 0.29) is 12.8 Å². The lowest BCUT2D eigenvalue weighted by atomic mass is 9.33. The highest BCUT2D eigenvalue weighted by molar-refractivity contribution is 7.00. The molecule has 0 radical (unpaired) electrons. The first-order chi connectivity index (χ1) is 28.8. The Morgan fingerprint density at radius 2 is 1.00 bits per heavy atom. The van der Waals surface area contributed by atoms with Crippen LogP contribution in [0.3, 0.4) is 0 Å². The second-order valence-electron chi connectivity index (χ2n) is 15.3. The van der Waals surface area contributed by atoms with E-state index >= 15 is 0 Å². The number of hydrogen-bond donors (Lipinski definition) is 0. The maximum atomic E-state index is 2.50. The molecule has 0 fully saturated rings. The lowest BCUT2D eigenvalue weighted by molar-refractivity contribution is 0.785. The Morgan fingerprint density at radius 1 is 0.414 bits per heavy atom. The molecule has 58 heavy (non-hydrogen) atoms. The van der Waals surface area contributed by atoms with Crippen LogP contribution in [0.2, 0.25) is 0 Å². The fraction of sp³-hybridized carbons (Fsp3) is 0.0370. The lowest BCUT2D eigenvalue weighted by Gasteiger charge is -2.44. The summed E-state index contributed by atoms with van der Waals surface area (Å²) in [7, 11) is 0. The second-order valence-corrected chi connectivity index (χ2v) is 15.3. The van der Waals surface area contributed by atoms with Crippen LogP contribution in [0.1, 0.15) is 6.42 Å². The third kappa shape index (κ3) is 5.76. The molecule has 8 aromatic rings. The van der Waals surface area contributed by atoms with Crippen LogP contribution in [0, 0.1) is 0 Å². The molecule has 3 nitrogen and oxygen atoms in total. The average molecular weight is 742 g/mol. The topological polar surface area (TPSA) is 9.72 Å². The van der Waals surface area contributed by atoms with Gasteiger partial charge in [0, 0.05) is 45.5 Å². The van der Waals surface area contributed by atoms with E-state index < -0.39 is 0 Å². The first-order valence-electron chi connectivity index (χ1n) is 20.2. The van der Waals surface area contributed by atoms with Gasteiger partial charge in [-0.25, -0.2) is 0 Å². The second kappa shape index (κ2) is 14.3. The van der Waals surface area contributed by atoms with Crippen LogP contribution in [-0.2, 0) is 0 Å². The Morgan fingerprint density at radius 3 is 1.67 bits per heavy atom. The van der Waals surface area contributed by atoms with Crippen molar-refractivity contribution in [2.75, 3.05) is 14.7 Å². The summed E-state index contributed by atoms with van der Waals surface area (Å²) in [6, 6.07) is 73.6. The van der Waals surface area contributed by atoms with Gasteiger partial charge >= 0.3 is 0 Å². The SMILES string of the molecule is C1=CCC(N(c2ccccc2)c2ccc3c(c2)N(c2ccccc2)c2cccc4c2B3c2cc(-c3ccccc3)ccc2N4c2ccc(-c3ccccc3)cc2)C=C1. The smallest absolute Gasteiger partial charge is 0.252 e. The average Bonchev–Trinajstić information content (AvgIpc) is 3.30. The van der Waals surface area contributed by atoms with Gasteiger partial charge in [-0.1, -0.05) is 158 Å². The summed E-state index contributed by atoms with van der Waals surface area (Å²) < 4.78 is 0. The van der Waals surface area contributed by atoms with Crippen molar-refractivity contribution in [3.63, 3.8) is 0 Å². The molecule has 1 aliphatic carbocycles. The summed E-state index contributed by atoms with van der Waals surface area (Å²) in [5.41, 5.74) is 18.2. The zero-order chi connectivity index (χ0) is 38.4. The van der Waals surface area contributed by atoms with E-state index in [1.165, 1.54) is 72.8 Å². The Bertz CT molecular complexity index is 2820. The summed E-state index contributed by atoms with van der Waals surface area (Å²) >= 11 is 0. The van der Waals surface area contributed by atoms with E-state index in [9.17, 15) is 0 Å². The van der Waals surface area contributed by atoms with E-state index in [4.69, 9.17) is 0 Å². The van der Waals surface area contributed by atoms with E-state index in [0.29, 0.717) is 0 Å². The fourth-order valence-electron chi connectivity index (χ4n) is 9.33. The van der Waals surface area contributed by atoms with Crippen molar-refractivity contribution in [1.29, 1.82) is 0 Å². The lowest BCUT2D eigenvalue weighted by Crippen LogP contribution is -2.61. The van der Waals surface area contributed by atoms with Crippen LogP contribution in [0.4, 0.5) is 45.5 Å². The van der Waals surface area contributed by atoms with Gasteiger partial charge in [-0.15, -0.1) is 0 Å². The third-order valence-corrected chi connectivity index (χ3v) is 11.9. The molecule has 8 aromatic carbocycles. The number of anilines is 8. The molecule has 1 unspecified atom stereocenters. The summed E-state index contributed by atoms with van der Waals surface area (Å²) in [5.74, 6) is 0. The van der Waals surface area contributed by atoms with Crippen LogP contribution in [0.25, 0.3) is 22.3 Å². The van der Waals surface area contributed by atoms with Crippen molar-refractivity contribution in [2.45, 2.75) is 12.5 Å². The number of para-hydroxylation sites is 2. The number of fused-ring (bicyclic) bond motifs is 4. The highest BCUT2D eigenvalue weighted by Gasteiger charge is 2.43. The zero-order valence-corrected chi connectivity index (χ0v) is 32.1. The molecule has 2 aliphatic heterocycles. The van der Waals surface area contributed by atoms with Crippen molar-refractivity contribution in [1.82, 2.24) is 0 Å². The van der Waals surface area contributed by atoms with Crippen LogP contribution in [0.5, 0.6) is 0 Å². The van der Waals surface area contributed by atoms with Gasteiger partial charge in [0.1, 0.15) is 0 Å². The molecule has 0 N–H and O–H groups in total. The van der Waals surface area contributed by atoms with Gasteiger partial charge < -0.3 is 14.7 Å². The molecule has 0 spiro atoms. The first kappa shape index (κ1) is 34.0. The summed E-state index contributed by atoms with van der Waals surface area (Å²) in [4.78, 5) is 7.48. The summed E-state index contributed by atoms with van der Waals surface area (Å²) in [6.45, 7) is 0.0106. The van der Waals surface area contributed by atoms with Crippen LogP contribution < -0.4 is 31.1 Å². The highest BCUT2D eigenvalue weighted by atomic mass is 15.2. The molecule has 0 aromatic heterocycles. The van der Waals surface area contributed by atoms with Gasteiger partial charge in [0.05, 0.1) is 6.04 Å². The molecule has 4 heteroatoms. The molecule has 0 saturated heterocycles. The van der Waals surface area contributed by atoms with Gasteiger partial charge in [-0.2, -0.15) is 0 Å². The monoisotopic (exact) mass is 741 g/mol. The molecular formula is C54H40BN3. The normalized spacial score (nSPS) is 14.8. The summed E-state index contributed by atoms with van der Waals surface area (Å²) in [6.07, 6.45) is 9.88. The molecule has 1 atom stereocenters. The number of allylic oxidation sites excluding steroid dienone is 2. The van der Waals surface area contributed by atoms with E-state index in [2.05, 4.69) is 239 Å². The van der Waals surface area contributed by atoms with Crippen LogP contribution >= 0.6 is 0 Å². The maximum absolute atomic E-state index is 2.50. The minimum Gasteiger partial charge on any atom is -0.334 e. The predicted molar refractivity (Wildman–Crippen MR) is 247 cm³/mol. The van der Waals surface area contributed by atoms with Crippen molar-refractivity contribution in [3.05, 3.63) is 224 Å². The maximum Gasteiger partial charge on any atom is 0.252 e. The van der Waals surface area contributed by atoms with E-state index in [1.54, 1.807) is 0 Å². The Hall–Kier alpha value is -7.30. The molecule has 11 rings (SSSR count). The van der Waals surface area contributed by atoms with Crippen molar-refractivity contribution in [2.24, 2.45) is 0 Å². The summed E-state index contributed by atoms with van der Waals surface area (Å²) in [5, 5.41) is 0. The van der Waals surface area contributed by atoms with E-state index in [1.807, 2.05) is 0 Å². The fourth-order valence-corrected chi connectivity index (χ4v) is 9.33. The largest absolute Gasteiger partial charge is 0.334 e. The molecule has 0 amide bonds. The van der Waals surface area contributed by atoms with Crippen molar-refractivity contribution >= 4 is 68.6 Å². The Balaban J connectivity index is 1.15. The quantitative estimate of drug-likeness (QED) is 0.151. The van der Waals surface area contributed by atoms with Gasteiger partial charge in [0.25, 0.3) is 6.71 Å². The van der Waals surface area contributed by atoms with Gasteiger partial charge in [0.2, 0.25) is 0 Å². The van der Waals surface area contributed by atoms with Crippen molar-refractivity contribution in [3.8, 4) is 22.3 Å². The minimum absolute atomic E-state index is 0.0106. The molecule has 2 heterocycles. The predicted octanol–water partition coefficient (Wildman–Crippen LogP) is 12.1. The molecule has 0 saturated carbocycles. The third-order valence-electron chi connectivity index (χ3n) is 11.9. The number of rotatable bonds is 7. The van der Waals surface area contributed by atoms with Gasteiger partial charge in [0.15, 0.2) is 0 Å². The molecule has 274 valence electrons. The minimum atomic E-state index is 0.0106. The van der Waals surface area contributed by atoms with Gasteiger partial charge in [-0.3, -0.25) is 0 Å². The zero-order valence-electron chi connectivity index (χ0n) is 32.1. The van der Waals surface area contributed by atoms with E-state index in [0.717, 1.165) is 17.8 Å². The van der Waals surface area contributed by atoms with Crippen LogP contribution in [0.15, 0.2) is 224 Å². The van der Waals surface area contributed by atoms with Crippen LogP contribution in [-0.4, -0.2) is 12.8 Å². The standard InChI is InChI=1S/C54H40BN3/c1-6-17-39(18-7-1)41-29-32-46(33-30-41)57-50-36-31-42(40-19-8-2-9-20-40)37-49(50)55-48-35-34-47(56(43-21-10-3-11-22-43)44-23-12-4-13-24-44)38-53(48)58(45-25-14-5-15-26-45)52-28-16-27-51(57)54(52)55/h1-23,25-38,44H,24H2. The van der Waals surface area contributed by atoms with Crippen molar-refractivity contribution < 1.29 is 0 Å². The Kier molecular flexibility index (Phi) is 8.40. The number of nitrogens with zero attached hydrogens (tertiary/aromatic N) is 3. The molecule has 0 bridgehead atoms. The Labute approximate surface area is 341 Å².